The number of halogens is 1. The second kappa shape index (κ2) is 4.62. The normalized spacial score (nSPS) is 31.2. The summed E-state index contributed by atoms with van der Waals surface area (Å²) in [4.78, 5) is 12.8. The van der Waals surface area contributed by atoms with Gasteiger partial charge in [0.25, 0.3) is 0 Å². The molecule has 0 bridgehead atoms. The fraction of sp³-hybridized carbons (Fsp3) is 0.545. The Morgan fingerprint density at radius 1 is 1.32 bits per heavy atom. The van der Waals surface area contributed by atoms with Gasteiger partial charge in [0.05, 0.1) is 18.1 Å². The molecule has 8 heteroatoms. The van der Waals surface area contributed by atoms with E-state index in [2.05, 4.69) is 15.0 Å². The predicted octanol–water partition coefficient (Wildman–Crippen LogP) is 0.378. The maximum absolute atomic E-state index is 10.0. The topological polar surface area (TPSA) is 93.3 Å². The summed E-state index contributed by atoms with van der Waals surface area (Å²) in [5.41, 5.74) is 2.04. The van der Waals surface area contributed by atoms with Gasteiger partial charge in [-0.3, -0.25) is 4.57 Å². The van der Waals surface area contributed by atoms with Gasteiger partial charge >= 0.3 is 0 Å². The monoisotopic (exact) mass is 376 g/mol. The van der Waals surface area contributed by atoms with E-state index in [4.69, 9.17) is 4.74 Å². The third kappa shape index (κ3) is 2.02. The highest BCUT2D eigenvalue weighted by Crippen LogP contribution is 2.31. The Morgan fingerprint density at radius 3 is 2.68 bits per heavy atom. The van der Waals surface area contributed by atoms with Gasteiger partial charge in [-0.1, -0.05) is 0 Å². The summed E-state index contributed by atoms with van der Waals surface area (Å²) < 4.78 is 7.82. The largest absolute Gasteiger partial charge is 0.388 e. The highest BCUT2D eigenvalue weighted by atomic mass is 127. The van der Waals surface area contributed by atoms with Gasteiger partial charge in [0.1, 0.15) is 17.7 Å². The number of hydrogen-bond acceptors (Lipinski definition) is 6. The van der Waals surface area contributed by atoms with Gasteiger partial charge in [0.2, 0.25) is 0 Å². The van der Waals surface area contributed by atoms with E-state index in [1.165, 1.54) is 0 Å². The molecule has 0 aromatic carbocycles. The van der Waals surface area contributed by atoms with Crippen molar-refractivity contribution < 1.29 is 14.9 Å². The van der Waals surface area contributed by atoms with E-state index < -0.39 is 24.5 Å². The molecule has 1 aliphatic rings. The van der Waals surface area contributed by atoms with Gasteiger partial charge < -0.3 is 14.9 Å². The van der Waals surface area contributed by atoms with Crippen molar-refractivity contribution in [2.24, 2.45) is 0 Å². The maximum atomic E-state index is 10.0. The van der Waals surface area contributed by atoms with E-state index >= 15 is 0 Å². The molecular formula is C11H13IN4O3. The summed E-state index contributed by atoms with van der Waals surface area (Å²) >= 11 is 2.03. The molecule has 1 unspecified atom stereocenters. The molecule has 3 heterocycles. The van der Waals surface area contributed by atoms with Crippen LogP contribution in [0.2, 0.25) is 0 Å². The number of aliphatic hydroxyl groups excluding tert-OH is 2. The zero-order valence-electron chi connectivity index (χ0n) is 10.4. The van der Waals surface area contributed by atoms with Gasteiger partial charge in [-0.15, -0.1) is 0 Å². The molecule has 0 spiro atoms. The minimum absolute atomic E-state index is 0.431. The van der Waals surface area contributed by atoms with Crippen LogP contribution in [0.5, 0.6) is 0 Å². The molecule has 19 heavy (non-hydrogen) atoms. The molecular weight excluding hydrogens is 363 g/mol. The lowest BCUT2D eigenvalue weighted by Crippen LogP contribution is -2.30. The van der Waals surface area contributed by atoms with Gasteiger partial charge in [-0.05, 0) is 13.8 Å². The first-order valence-electron chi connectivity index (χ1n) is 5.87. The van der Waals surface area contributed by atoms with Crippen LogP contribution < -0.4 is 0 Å². The van der Waals surface area contributed by atoms with Gasteiger partial charge in [-0.25, -0.2) is 15.0 Å². The molecule has 0 aliphatic carbocycles. The van der Waals surface area contributed by atoms with Crippen LogP contribution in [0.25, 0.3) is 11.2 Å². The van der Waals surface area contributed by atoms with Crippen molar-refractivity contribution in [1.82, 2.24) is 19.5 Å². The van der Waals surface area contributed by atoms with Crippen LogP contribution >= 0.6 is 22.6 Å². The Labute approximate surface area is 122 Å². The molecule has 1 aliphatic heterocycles. The summed E-state index contributed by atoms with van der Waals surface area (Å²) in [7, 11) is 0. The lowest BCUT2D eigenvalue weighted by Gasteiger charge is -2.16. The first-order chi connectivity index (χ1) is 8.99. The zero-order chi connectivity index (χ0) is 13.7. The van der Waals surface area contributed by atoms with Crippen molar-refractivity contribution in [3.8, 4) is 0 Å². The SMILES string of the molecule is Cc1nc(I)nc2c1ncn2[C@@H]1O[C@H](C)[C@H](O)C1O. The molecule has 0 radical (unpaired) electrons. The average Bonchev–Trinajstić information content (AvgIpc) is 2.86. The smallest absolute Gasteiger partial charge is 0.193 e. The van der Waals surface area contributed by atoms with Crippen LogP contribution in [0.15, 0.2) is 6.33 Å². The second-order valence-corrected chi connectivity index (χ2v) is 5.58. The summed E-state index contributed by atoms with van der Waals surface area (Å²) in [5.74, 6) is 0. The van der Waals surface area contributed by atoms with E-state index in [9.17, 15) is 10.2 Å². The predicted molar refractivity (Wildman–Crippen MR) is 74.4 cm³/mol. The van der Waals surface area contributed by atoms with Crippen LogP contribution in [0, 0.1) is 10.8 Å². The lowest BCUT2D eigenvalue weighted by molar-refractivity contribution is -0.0299. The number of ether oxygens (including phenoxy) is 1. The Bertz CT molecular complexity index is 632. The molecule has 4 atom stereocenters. The van der Waals surface area contributed by atoms with Crippen LogP contribution in [-0.2, 0) is 4.74 Å². The summed E-state index contributed by atoms with van der Waals surface area (Å²) in [6.45, 7) is 3.57. The first kappa shape index (κ1) is 13.2. The number of fused-ring (bicyclic) bond motifs is 1. The molecule has 0 amide bonds. The summed E-state index contributed by atoms with van der Waals surface area (Å²) in [6, 6.07) is 0. The van der Waals surface area contributed by atoms with Crippen molar-refractivity contribution in [1.29, 1.82) is 0 Å². The highest BCUT2D eigenvalue weighted by molar-refractivity contribution is 14.1. The van der Waals surface area contributed by atoms with Crippen LogP contribution in [0.1, 0.15) is 18.8 Å². The number of aliphatic hydroxyl groups is 2. The number of imidazole rings is 1. The Kier molecular flexibility index (Phi) is 3.20. The molecule has 7 nitrogen and oxygen atoms in total. The third-order valence-electron chi connectivity index (χ3n) is 3.32. The Balaban J connectivity index is 2.11. The third-order valence-corrected chi connectivity index (χ3v) is 3.80. The van der Waals surface area contributed by atoms with Gasteiger partial charge in [0.15, 0.2) is 15.7 Å². The highest BCUT2D eigenvalue weighted by Gasteiger charge is 2.42. The summed E-state index contributed by atoms with van der Waals surface area (Å²) in [5, 5.41) is 19.8. The minimum Gasteiger partial charge on any atom is -0.388 e. The Hall–Kier alpha value is -0.840. The number of hydrogen-bond donors (Lipinski definition) is 2. The number of rotatable bonds is 1. The molecule has 2 N–H and O–H groups in total. The van der Waals surface area contributed by atoms with Crippen molar-refractivity contribution in [3.05, 3.63) is 15.9 Å². The zero-order valence-corrected chi connectivity index (χ0v) is 12.5. The molecule has 0 saturated carbocycles. The van der Waals surface area contributed by atoms with Crippen LogP contribution in [0.4, 0.5) is 0 Å². The first-order valence-corrected chi connectivity index (χ1v) is 6.95. The fourth-order valence-electron chi connectivity index (χ4n) is 2.27. The standard InChI is InChI=1S/C11H13IN4O3/c1-4-6-9(15-11(12)14-4)16(3-13-6)10-8(18)7(17)5(2)19-10/h3,5,7-8,10,17-18H,1-2H3/t5-,7+,8?,10-/m1/s1. The Morgan fingerprint density at radius 2 is 2.05 bits per heavy atom. The van der Waals surface area contributed by atoms with Crippen molar-refractivity contribution in [3.63, 3.8) is 0 Å². The quantitative estimate of drug-likeness (QED) is 0.552. The number of aryl methyl sites for hydroxylation is 1. The van der Waals surface area contributed by atoms with Crippen molar-refractivity contribution in [2.75, 3.05) is 0 Å². The van der Waals surface area contributed by atoms with E-state index in [1.807, 2.05) is 29.5 Å². The molecule has 3 rings (SSSR count). The van der Waals surface area contributed by atoms with Gasteiger partial charge in [0, 0.05) is 22.6 Å². The molecule has 102 valence electrons. The molecule has 1 saturated heterocycles. The average molecular weight is 376 g/mol. The van der Waals surface area contributed by atoms with E-state index in [-0.39, 0.29) is 0 Å². The number of nitrogens with zero attached hydrogens (tertiary/aromatic N) is 4. The van der Waals surface area contributed by atoms with Crippen LogP contribution in [-0.4, -0.2) is 48.0 Å². The van der Waals surface area contributed by atoms with Crippen molar-refractivity contribution in [2.45, 2.75) is 38.4 Å². The number of aromatic nitrogens is 4. The van der Waals surface area contributed by atoms with Crippen LogP contribution in [0.3, 0.4) is 0 Å². The molecule has 1 fully saturated rings. The minimum atomic E-state index is -1.000. The summed E-state index contributed by atoms with van der Waals surface area (Å²) in [6.07, 6.45) is -1.47. The molecule has 2 aromatic heterocycles. The second-order valence-electron chi connectivity index (χ2n) is 4.62. The molecule has 2 aromatic rings. The fourth-order valence-corrected chi connectivity index (χ4v) is 2.86. The van der Waals surface area contributed by atoms with E-state index in [0.29, 0.717) is 15.0 Å². The maximum Gasteiger partial charge on any atom is 0.193 e. The lowest BCUT2D eigenvalue weighted by atomic mass is 10.1. The van der Waals surface area contributed by atoms with Crippen molar-refractivity contribution >= 4 is 33.8 Å². The van der Waals surface area contributed by atoms with E-state index in [1.54, 1.807) is 17.8 Å². The van der Waals surface area contributed by atoms with Gasteiger partial charge in [-0.2, -0.15) is 0 Å². The van der Waals surface area contributed by atoms with E-state index in [0.717, 1.165) is 5.69 Å².